The number of H-pyrrole nitrogens is 1. The van der Waals surface area contributed by atoms with Gasteiger partial charge in [0.25, 0.3) is 0 Å². The quantitative estimate of drug-likeness (QED) is 0.667. The third-order valence-electron chi connectivity index (χ3n) is 2.36. The van der Waals surface area contributed by atoms with Gasteiger partial charge in [0.15, 0.2) is 11.5 Å². The summed E-state index contributed by atoms with van der Waals surface area (Å²) in [5.74, 6) is 1.32. The molecular weight excluding hydrogens is 210 g/mol. The lowest BCUT2D eigenvalue weighted by Crippen LogP contribution is -1.93. The molecule has 2 heterocycles. The van der Waals surface area contributed by atoms with E-state index in [0.29, 0.717) is 23.0 Å². The zero-order valence-electron chi connectivity index (χ0n) is 8.23. The molecule has 16 heavy (non-hydrogen) atoms. The number of nitrogen functional groups attached to an aromatic ring is 1. The molecule has 1 aromatic carbocycles. The summed E-state index contributed by atoms with van der Waals surface area (Å²) in [5.41, 5.74) is 6.96. The van der Waals surface area contributed by atoms with E-state index in [1.54, 1.807) is 18.2 Å². The van der Waals surface area contributed by atoms with Gasteiger partial charge in [-0.15, -0.1) is 0 Å². The molecule has 82 valence electrons. The summed E-state index contributed by atoms with van der Waals surface area (Å²) in [4.78, 5) is 0. The van der Waals surface area contributed by atoms with Crippen molar-refractivity contribution >= 4 is 5.82 Å². The molecule has 0 amide bonds. The second-order valence-corrected chi connectivity index (χ2v) is 3.44. The lowest BCUT2D eigenvalue weighted by Gasteiger charge is -2.02. The minimum atomic E-state index is 0.0400. The van der Waals surface area contributed by atoms with Gasteiger partial charge in [-0.3, -0.25) is 5.10 Å². The van der Waals surface area contributed by atoms with Crippen molar-refractivity contribution in [1.29, 1.82) is 0 Å². The van der Waals surface area contributed by atoms with Crippen molar-refractivity contribution in [1.82, 2.24) is 10.2 Å². The van der Waals surface area contributed by atoms with Crippen LogP contribution in [0.1, 0.15) is 0 Å². The molecule has 2 aromatic rings. The first-order chi connectivity index (χ1) is 7.74. The van der Waals surface area contributed by atoms with Crippen LogP contribution in [-0.2, 0) is 0 Å². The Morgan fingerprint density at radius 2 is 2.19 bits per heavy atom. The number of nitrogens with zero attached hydrogens (tertiary/aromatic N) is 1. The van der Waals surface area contributed by atoms with Gasteiger partial charge in [0, 0.05) is 11.6 Å². The van der Waals surface area contributed by atoms with E-state index in [9.17, 15) is 5.11 Å². The molecule has 6 heteroatoms. The maximum atomic E-state index is 9.71. The normalized spacial score (nSPS) is 13.0. The van der Waals surface area contributed by atoms with Gasteiger partial charge in [0.1, 0.15) is 5.82 Å². The molecule has 6 nitrogen and oxygen atoms in total. The Morgan fingerprint density at radius 1 is 1.31 bits per heavy atom. The van der Waals surface area contributed by atoms with E-state index in [2.05, 4.69) is 10.2 Å². The molecule has 0 saturated carbocycles. The summed E-state index contributed by atoms with van der Waals surface area (Å²) in [5, 5.41) is 16.3. The molecule has 4 N–H and O–H groups in total. The van der Waals surface area contributed by atoms with Crippen LogP contribution < -0.4 is 15.2 Å². The largest absolute Gasteiger partial charge is 0.504 e. The van der Waals surface area contributed by atoms with Gasteiger partial charge in [-0.05, 0) is 12.1 Å². The molecule has 0 radical (unpaired) electrons. The van der Waals surface area contributed by atoms with Crippen molar-refractivity contribution in [3.8, 4) is 28.5 Å². The number of benzene rings is 1. The second-order valence-electron chi connectivity index (χ2n) is 3.44. The first-order valence-electron chi connectivity index (χ1n) is 4.68. The predicted molar refractivity (Wildman–Crippen MR) is 56.2 cm³/mol. The summed E-state index contributed by atoms with van der Waals surface area (Å²) in [6.45, 7) is 0.122. The second kappa shape index (κ2) is 3.06. The number of ether oxygens (including phenoxy) is 2. The first kappa shape index (κ1) is 8.90. The Balaban J connectivity index is 2.12. The lowest BCUT2D eigenvalue weighted by atomic mass is 10.1. The van der Waals surface area contributed by atoms with Crippen molar-refractivity contribution in [2.45, 2.75) is 0 Å². The summed E-state index contributed by atoms with van der Waals surface area (Å²) >= 11 is 0. The predicted octanol–water partition coefficient (Wildman–Crippen LogP) is 1.09. The van der Waals surface area contributed by atoms with E-state index in [4.69, 9.17) is 15.2 Å². The molecule has 0 saturated heterocycles. The number of phenols is 1. The van der Waals surface area contributed by atoms with Crippen LogP contribution in [0.25, 0.3) is 11.3 Å². The number of aromatic nitrogens is 2. The maximum absolute atomic E-state index is 9.71. The van der Waals surface area contributed by atoms with E-state index in [1.807, 2.05) is 0 Å². The van der Waals surface area contributed by atoms with Crippen molar-refractivity contribution in [3.63, 3.8) is 0 Å². The smallest absolute Gasteiger partial charge is 0.231 e. The zero-order valence-corrected chi connectivity index (χ0v) is 8.23. The number of rotatable bonds is 1. The highest BCUT2D eigenvalue weighted by Gasteiger charge is 2.19. The van der Waals surface area contributed by atoms with Crippen LogP contribution in [0.3, 0.4) is 0 Å². The lowest BCUT2D eigenvalue weighted by molar-refractivity contribution is 0.171. The van der Waals surface area contributed by atoms with E-state index in [1.165, 1.54) is 0 Å². The molecule has 0 unspecified atom stereocenters. The molecule has 1 aliphatic heterocycles. The molecule has 1 aliphatic rings. The highest BCUT2D eigenvalue weighted by molar-refractivity contribution is 5.70. The molecule has 0 bridgehead atoms. The van der Waals surface area contributed by atoms with Gasteiger partial charge >= 0.3 is 0 Å². The Bertz CT molecular complexity index is 550. The Morgan fingerprint density at radius 3 is 2.94 bits per heavy atom. The Labute approximate surface area is 90.6 Å². The molecule has 0 fully saturated rings. The number of nitrogens with one attached hydrogen (secondary N) is 1. The molecule has 0 aliphatic carbocycles. The van der Waals surface area contributed by atoms with E-state index in [-0.39, 0.29) is 12.5 Å². The number of hydrogen-bond acceptors (Lipinski definition) is 5. The van der Waals surface area contributed by atoms with Crippen molar-refractivity contribution in [3.05, 3.63) is 18.2 Å². The fourth-order valence-corrected chi connectivity index (χ4v) is 1.63. The first-order valence-corrected chi connectivity index (χ1v) is 4.68. The SMILES string of the molecule is Nc1cc(-c2cc(O)c3c(c2)OCO3)[nH]n1. The number of anilines is 1. The number of hydrogen-bond donors (Lipinski definition) is 3. The highest BCUT2D eigenvalue weighted by atomic mass is 16.7. The van der Waals surface area contributed by atoms with Gasteiger partial charge < -0.3 is 20.3 Å². The standard InChI is InChI=1S/C10H9N3O3/c11-9-3-6(12-13-9)5-1-7(14)10-8(2-5)15-4-16-10/h1-3,14H,4H2,(H3,11,12,13). The average molecular weight is 219 g/mol. The van der Waals surface area contributed by atoms with Gasteiger partial charge in [-0.25, -0.2) is 0 Å². The van der Waals surface area contributed by atoms with Crippen LogP contribution >= 0.6 is 0 Å². The number of fused-ring (bicyclic) bond motifs is 1. The number of phenolic OH excluding ortho intramolecular Hbond substituents is 1. The fourth-order valence-electron chi connectivity index (χ4n) is 1.63. The molecular formula is C10H9N3O3. The maximum Gasteiger partial charge on any atom is 0.231 e. The zero-order chi connectivity index (χ0) is 11.1. The van der Waals surface area contributed by atoms with Crippen molar-refractivity contribution in [2.24, 2.45) is 0 Å². The summed E-state index contributed by atoms with van der Waals surface area (Å²) in [6.07, 6.45) is 0. The van der Waals surface area contributed by atoms with Gasteiger partial charge in [0.2, 0.25) is 12.5 Å². The van der Waals surface area contributed by atoms with E-state index in [0.717, 1.165) is 5.56 Å². The Kier molecular flexibility index (Phi) is 1.70. The van der Waals surface area contributed by atoms with Gasteiger partial charge in [0.05, 0.1) is 5.69 Å². The minimum Gasteiger partial charge on any atom is -0.504 e. The number of aromatic amines is 1. The van der Waals surface area contributed by atoms with E-state index >= 15 is 0 Å². The van der Waals surface area contributed by atoms with Gasteiger partial charge in [-0.1, -0.05) is 0 Å². The minimum absolute atomic E-state index is 0.0400. The summed E-state index contributed by atoms with van der Waals surface area (Å²) in [6, 6.07) is 5.01. The molecule has 0 spiro atoms. The number of aromatic hydroxyl groups is 1. The third kappa shape index (κ3) is 1.23. The molecule has 0 atom stereocenters. The van der Waals surface area contributed by atoms with Gasteiger partial charge in [-0.2, -0.15) is 5.10 Å². The van der Waals surface area contributed by atoms with Crippen LogP contribution in [0, 0.1) is 0 Å². The molecule has 3 rings (SSSR count). The summed E-state index contributed by atoms with van der Waals surface area (Å²) in [7, 11) is 0. The fraction of sp³-hybridized carbons (Fsp3) is 0.100. The van der Waals surface area contributed by atoms with Crippen LogP contribution in [0.2, 0.25) is 0 Å². The third-order valence-corrected chi connectivity index (χ3v) is 2.36. The highest BCUT2D eigenvalue weighted by Crippen LogP contribution is 2.43. The average Bonchev–Trinajstić information content (AvgIpc) is 2.85. The van der Waals surface area contributed by atoms with Crippen LogP contribution in [0.5, 0.6) is 17.2 Å². The van der Waals surface area contributed by atoms with Crippen LogP contribution in [0.15, 0.2) is 18.2 Å². The van der Waals surface area contributed by atoms with Crippen LogP contribution in [0.4, 0.5) is 5.82 Å². The molecule has 1 aromatic heterocycles. The number of nitrogens with two attached hydrogens (primary N) is 1. The van der Waals surface area contributed by atoms with Crippen molar-refractivity contribution < 1.29 is 14.6 Å². The van der Waals surface area contributed by atoms with E-state index < -0.39 is 0 Å². The van der Waals surface area contributed by atoms with Crippen LogP contribution in [-0.4, -0.2) is 22.1 Å². The topological polar surface area (TPSA) is 93.4 Å². The Hall–Kier alpha value is -2.37. The monoisotopic (exact) mass is 219 g/mol. The van der Waals surface area contributed by atoms with Crippen molar-refractivity contribution in [2.75, 3.05) is 12.5 Å². The summed E-state index contributed by atoms with van der Waals surface area (Å²) < 4.78 is 10.3.